The van der Waals surface area contributed by atoms with Gasteiger partial charge in [-0.25, -0.2) is 0 Å². The summed E-state index contributed by atoms with van der Waals surface area (Å²) in [6.45, 7) is 2.04. The van der Waals surface area contributed by atoms with Crippen molar-refractivity contribution in [3.05, 3.63) is 35.7 Å². The fourth-order valence-electron chi connectivity index (χ4n) is 2.45. The summed E-state index contributed by atoms with van der Waals surface area (Å²) in [6.07, 6.45) is 3.54. The van der Waals surface area contributed by atoms with E-state index < -0.39 is 0 Å². The third kappa shape index (κ3) is 3.76. The van der Waals surface area contributed by atoms with Gasteiger partial charge < -0.3 is 14.9 Å². The van der Waals surface area contributed by atoms with Crippen LogP contribution in [-0.4, -0.2) is 33.8 Å². The van der Waals surface area contributed by atoms with Crippen LogP contribution in [0.4, 0.5) is 0 Å². The number of carbonyl (C=O) groups is 1. The van der Waals surface area contributed by atoms with Crippen LogP contribution in [0.3, 0.4) is 0 Å². The maximum atomic E-state index is 12.3. The highest BCUT2D eigenvalue weighted by atomic mass is 16.5. The molecule has 1 aromatic carbocycles. The highest BCUT2D eigenvalue weighted by Crippen LogP contribution is 2.39. The maximum Gasteiger partial charge on any atom is 0.251 e. The Labute approximate surface area is 134 Å². The third-order valence-corrected chi connectivity index (χ3v) is 4.06. The van der Waals surface area contributed by atoms with Crippen LogP contribution < -0.4 is 5.32 Å². The van der Waals surface area contributed by atoms with Crippen LogP contribution in [0.5, 0.6) is 0 Å². The normalized spacial score (nSPS) is 15.4. The molecule has 1 atom stereocenters. The van der Waals surface area contributed by atoms with Crippen molar-refractivity contribution in [3.63, 3.8) is 0 Å². The molecule has 1 aromatic heterocycles. The van der Waals surface area contributed by atoms with Crippen molar-refractivity contribution in [1.29, 1.82) is 0 Å². The van der Waals surface area contributed by atoms with E-state index in [-0.39, 0.29) is 18.6 Å². The zero-order valence-corrected chi connectivity index (χ0v) is 13.2. The number of carbonyl (C=O) groups excluding carboxylic acids is 1. The first-order valence-electron chi connectivity index (χ1n) is 8.07. The summed E-state index contributed by atoms with van der Waals surface area (Å²) in [5, 5.41) is 16.0. The van der Waals surface area contributed by atoms with E-state index >= 15 is 0 Å². The summed E-state index contributed by atoms with van der Waals surface area (Å²) >= 11 is 0. The van der Waals surface area contributed by atoms with E-state index in [0.29, 0.717) is 29.6 Å². The summed E-state index contributed by atoms with van der Waals surface area (Å²) in [6, 6.07) is 7.17. The van der Waals surface area contributed by atoms with E-state index in [4.69, 9.17) is 9.63 Å². The number of amides is 1. The standard InChI is InChI=1S/C17H21N3O3/c1-2-14(8-9-21)18-16(22)13-5-3-4-12(10-13)15-19-17(23-20-15)11-6-7-11/h3-5,10-11,14,21H,2,6-9H2,1H3,(H,18,22). The van der Waals surface area contributed by atoms with Crippen LogP contribution in [0.2, 0.25) is 0 Å². The number of benzene rings is 1. The van der Waals surface area contributed by atoms with Crippen LogP contribution in [0, 0.1) is 0 Å². The molecule has 2 aromatic rings. The molecule has 2 N–H and O–H groups in total. The molecule has 0 spiro atoms. The number of hydrogen-bond acceptors (Lipinski definition) is 5. The minimum atomic E-state index is -0.155. The van der Waals surface area contributed by atoms with Crippen LogP contribution in [0.25, 0.3) is 11.4 Å². The number of aliphatic hydroxyl groups excluding tert-OH is 1. The lowest BCUT2D eigenvalue weighted by Crippen LogP contribution is -2.35. The molecule has 0 aliphatic heterocycles. The second-order valence-electron chi connectivity index (χ2n) is 5.90. The van der Waals surface area contributed by atoms with Gasteiger partial charge in [-0.3, -0.25) is 4.79 Å². The van der Waals surface area contributed by atoms with Gasteiger partial charge in [-0.1, -0.05) is 24.2 Å². The summed E-state index contributed by atoms with van der Waals surface area (Å²) in [5.41, 5.74) is 1.32. The molecule has 1 fully saturated rings. The summed E-state index contributed by atoms with van der Waals surface area (Å²) in [4.78, 5) is 16.7. The lowest BCUT2D eigenvalue weighted by Gasteiger charge is -2.15. The summed E-state index contributed by atoms with van der Waals surface area (Å²) in [7, 11) is 0. The largest absolute Gasteiger partial charge is 0.396 e. The molecule has 1 unspecified atom stereocenters. The van der Waals surface area contributed by atoms with Crippen LogP contribution >= 0.6 is 0 Å². The molecule has 3 rings (SSSR count). The zero-order chi connectivity index (χ0) is 16.2. The fourth-order valence-corrected chi connectivity index (χ4v) is 2.45. The van der Waals surface area contributed by atoms with Gasteiger partial charge in [0.25, 0.3) is 5.91 Å². The average Bonchev–Trinajstić information content (AvgIpc) is 3.31. The first-order valence-corrected chi connectivity index (χ1v) is 8.07. The quantitative estimate of drug-likeness (QED) is 0.819. The number of rotatable bonds is 7. The lowest BCUT2D eigenvalue weighted by molar-refractivity contribution is 0.0929. The zero-order valence-electron chi connectivity index (χ0n) is 13.2. The van der Waals surface area contributed by atoms with Gasteiger partial charge in [0.2, 0.25) is 11.7 Å². The second-order valence-corrected chi connectivity index (χ2v) is 5.90. The van der Waals surface area contributed by atoms with Gasteiger partial charge in [0.05, 0.1) is 0 Å². The Morgan fingerprint density at radius 3 is 3.00 bits per heavy atom. The van der Waals surface area contributed by atoms with E-state index in [1.807, 2.05) is 19.1 Å². The highest BCUT2D eigenvalue weighted by Gasteiger charge is 2.29. The van der Waals surface area contributed by atoms with Crippen molar-refractivity contribution in [2.75, 3.05) is 6.61 Å². The molecule has 6 heteroatoms. The van der Waals surface area contributed by atoms with E-state index in [1.54, 1.807) is 12.1 Å². The van der Waals surface area contributed by atoms with Gasteiger partial charge in [-0.15, -0.1) is 0 Å². The van der Waals surface area contributed by atoms with E-state index in [9.17, 15) is 4.79 Å². The van der Waals surface area contributed by atoms with Gasteiger partial charge >= 0.3 is 0 Å². The Hall–Kier alpha value is -2.21. The Balaban J connectivity index is 1.74. The molecule has 1 aliphatic carbocycles. The van der Waals surface area contributed by atoms with Crippen molar-refractivity contribution >= 4 is 5.91 Å². The van der Waals surface area contributed by atoms with E-state index in [2.05, 4.69) is 15.5 Å². The number of aliphatic hydroxyl groups is 1. The molecule has 6 nitrogen and oxygen atoms in total. The number of nitrogens with one attached hydrogen (secondary N) is 1. The lowest BCUT2D eigenvalue weighted by atomic mass is 10.1. The predicted molar refractivity (Wildman–Crippen MR) is 85.0 cm³/mol. The Kier molecular flexibility index (Phi) is 4.71. The van der Waals surface area contributed by atoms with Crippen molar-refractivity contribution < 1.29 is 14.4 Å². The molecule has 1 aliphatic rings. The number of hydrogen-bond donors (Lipinski definition) is 2. The molecular formula is C17H21N3O3. The Morgan fingerprint density at radius 2 is 2.30 bits per heavy atom. The minimum Gasteiger partial charge on any atom is -0.396 e. The molecule has 1 saturated carbocycles. The van der Waals surface area contributed by atoms with Gasteiger partial charge in [-0.2, -0.15) is 4.98 Å². The van der Waals surface area contributed by atoms with Gasteiger partial charge in [0, 0.05) is 29.7 Å². The average molecular weight is 315 g/mol. The molecule has 23 heavy (non-hydrogen) atoms. The molecular weight excluding hydrogens is 294 g/mol. The van der Waals surface area contributed by atoms with Crippen molar-refractivity contribution in [2.24, 2.45) is 0 Å². The second kappa shape index (κ2) is 6.91. The monoisotopic (exact) mass is 315 g/mol. The molecule has 122 valence electrons. The Bertz CT molecular complexity index is 679. The fraction of sp³-hybridized carbons (Fsp3) is 0.471. The SMILES string of the molecule is CCC(CCO)NC(=O)c1cccc(-c2noc(C3CC3)n2)c1. The third-order valence-electron chi connectivity index (χ3n) is 4.06. The van der Waals surface area contributed by atoms with Gasteiger partial charge in [0.1, 0.15) is 0 Å². The Morgan fingerprint density at radius 1 is 1.48 bits per heavy atom. The van der Waals surface area contributed by atoms with Gasteiger partial charge in [0.15, 0.2) is 0 Å². The summed E-state index contributed by atoms with van der Waals surface area (Å²) in [5.74, 6) is 1.46. The van der Waals surface area contributed by atoms with E-state index in [1.165, 1.54) is 0 Å². The number of nitrogens with zero attached hydrogens (tertiary/aromatic N) is 2. The first-order chi connectivity index (χ1) is 11.2. The van der Waals surface area contributed by atoms with Crippen LogP contribution in [0.15, 0.2) is 28.8 Å². The van der Waals surface area contributed by atoms with Gasteiger partial charge in [-0.05, 0) is 37.8 Å². The topological polar surface area (TPSA) is 88.2 Å². The minimum absolute atomic E-state index is 0.0252. The molecule has 1 amide bonds. The molecule has 0 bridgehead atoms. The first kappa shape index (κ1) is 15.7. The van der Waals surface area contributed by atoms with Crippen LogP contribution in [-0.2, 0) is 0 Å². The van der Waals surface area contributed by atoms with E-state index in [0.717, 1.165) is 24.8 Å². The van der Waals surface area contributed by atoms with Crippen molar-refractivity contribution in [3.8, 4) is 11.4 Å². The highest BCUT2D eigenvalue weighted by molar-refractivity contribution is 5.95. The van der Waals surface area contributed by atoms with Crippen molar-refractivity contribution in [2.45, 2.75) is 44.6 Å². The van der Waals surface area contributed by atoms with Crippen molar-refractivity contribution in [1.82, 2.24) is 15.5 Å². The number of aromatic nitrogens is 2. The summed E-state index contributed by atoms with van der Waals surface area (Å²) < 4.78 is 5.27. The van der Waals surface area contributed by atoms with Crippen LogP contribution in [0.1, 0.15) is 54.8 Å². The maximum absolute atomic E-state index is 12.3. The molecule has 0 radical (unpaired) electrons. The molecule has 0 saturated heterocycles. The smallest absolute Gasteiger partial charge is 0.251 e. The molecule has 1 heterocycles. The predicted octanol–water partition coefficient (Wildman–Crippen LogP) is 2.50.